The Kier molecular flexibility index (Phi) is 6.63. The Morgan fingerprint density at radius 2 is 1.71 bits per heavy atom. The molecule has 2 aromatic carbocycles. The number of fused-ring (bicyclic) bond motifs is 1. The lowest BCUT2D eigenvalue weighted by Crippen LogP contribution is -2.21. The standard InChI is InChI=1S/C25H23F3N4O3/c1-13(15-6-5-7-16(21(15)26)22(27)28)31-23-18-11-17(25(33)32(2)24(18)30-12-29-23)14-8-9-19(34-3)20(10-14)35-4/h5-13,22H,1-4H3,(H,29,30,31)/t13-/m1/s1. The van der Waals surface area contributed by atoms with Gasteiger partial charge in [0.25, 0.3) is 12.0 Å². The number of aryl methyl sites for hydroxylation is 1. The first kappa shape index (κ1) is 24.1. The van der Waals surface area contributed by atoms with E-state index >= 15 is 0 Å². The van der Waals surface area contributed by atoms with Gasteiger partial charge in [0.1, 0.15) is 23.6 Å². The first-order valence-electron chi connectivity index (χ1n) is 10.7. The van der Waals surface area contributed by atoms with E-state index in [1.807, 2.05) is 0 Å². The Bertz CT molecular complexity index is 1460. The number of hydrogen-bond acceptors (Lipinski definition) is 6. The molecule has 4 rings (SSSR count). The summed E-state index contributed by atoms with van der Waals surface area (Å²) >= 11 is 0. The number of aromatic nitrogens is 3. The lowest BCUT2D eigenvalue weighted by Gasteiger charge is -2.19. The van der Waals surface area contributed by atoms with Gasteiger partial charge in [-0.05, 0) is 30.7 Å². The maximum atomic E-state index is 14.7. The van der Waals surface area contributed by atoms with Crippen LogP contribution >= 0.6 is 0 Å². The van der Waals surface area contributed by atoms with E-state index in [0.29, 0.717) is 39.5 Å². The zero-order valence-corrected chi connectivity index (χ0v) is 19.5. The third-order valence-electron chi connectivity index (χ3n) is 5.81. The van der Waals surface area contributed by atoms with Crippen LogP contribution in [0, 0.1) is 5.82 Å². The average Bonchev–Trinajstić information content (AvgIpc) is 2.85. The summed E-state index contributed by atoms with van der Waals surface area (Å²) in [5, 5.41) is 3.58. The second-order valence-corrected chi connectivity index (χ2v) is 7.87. The number of ether oxygens (including phenoxy) is 2. The van der Waals surface area contributed by atoms with E-state index in [4.69, 9.17) is 9.47 Å². The van der Waals surface area contributed by atoms with Gasteiger partial charge in [-0.1, -0.05) is 24.3 Å². The lowest BCUT2D eigenvalue weighted by atomic mass is 10.0. The maximum absolute atomic E-state index is 14.7. The normalized spacial score (nSPS) is 12.1. The molecule has 0 saturated heterocycles. The SMILES string of the molecule is COc1ccc(-c2cc3c(N[C@H](C)c4cccc(C(F)F)c4F)ncnc3n(C)c2=O)cc1OC. The summed E-state index contributed by atoms with van der Waals surface area (Å²) in [4.78, 5) is 21.6. The van der Waals surface area contributed by atoms with Crippen molar-refractivity contribution in [2.24, 2.45) is 7.05 Å². The molecule has 0 bridgehead atoms. The summed E-state index contributed by atoms with van der Waals surface area (Å²) in [7, 11) is 4.60. The van der Waals surface area contributed by atoms with E-state index in [-0.39, 0.29) is 11.1 Å². The van der Waals surface area contributed by atoms with E-state index in [2.05, 4.69) is 15.3 Å². The second kappa shape index (κ2) is 9.65. The zero-order chi connectivity index (χ0) is 25.3. The van der Waals surface area contributed by atoms with Crippen LogP contribution in [0.5, 0.6) is 11.5 Å². The quantitative estimate of drug-likeness (QED) is 0.386. The van der Waals surface area contributed by atoms with E-state index < -0.39 is 23.8 Å². The zero-order valence-electron chi connectivity index (χ0n) is 19.5. The van der Waals surface area contributed by atoms with E-state index in [9.17, 15) is 18.0 Å². The van der Waals surface area contributed by atoms with Crippen molar-refractivity contribution >= 4 is 16.9 Å². The third-order valence-corrected chi connectivity index (χ3v) is 5.81. The van der Waals surface area contributed by atoms with Crippen molar-refractivity contribution in [3.63, 3.8) is 0 Å². The Labute approximate surface area is 199 Å². The molecule has 2 heterocycles. The molecule has 10 heteroatoms. The van der Waals surface area contributed by atoms with Gasteiger partial charge in [-0.15, -0.1) is 0 Å². The lowest BCUT2D eigenvalue weighted by molar-refractivity contribution is 0.146. The van der Waals surface area contributed by atoms with Crippen molar-refractivity contribution in [2.75, 3.05) is 19.5 Å². The fourth-order valence-electron chi connectivity index (χ4n) is 3.95. The van der Waals surface area contributed by atoms with Crippen molar-refractivity contribution in [3.05, 3.63) is 76.1 Å². The molecule has 0 unspecified atom stereocenters. The highest BCUT2D eigenvalue weighted by atomic mass is 19.3. The molecule has 0 aliphatic rings. The monoisotopic (exact) mass is 484 g/mol. The number of nitrogens with zero attached hydrogens (tertiary/aromatic N) is 3. The molecule has 0 aliphatic heterocycles. The minimum atomic E-state index is -2.93. The molecule has 0 aliphatic carbocycles. The number of rotatable bonds is 7. The molecule has 0 saturated carbocycles. The Balaban J connectivity index is 1.82. The average molecular weight is 484 g/mol. The molecule has 0 spiro atoms. The van der Waals surface area contributed by atoms with Crippen LogP contribution < -0.4 is 20.3 Å². The molecule has 0 radical (unpaired) electrons. The summed E-state index contributed by atoms with van der Waals surface area (Å²) in [6.45, 7) is 1.64. The van der Waals surface area contributed by atoms with E-state index in [1.165, 1.54) is 37.2 Å². The molecule has 35 heavy (non-hydrogen) atoms. The molecule has 2 aromatic heterocycles. The molecule has 0 fully saturated rings. The van der Waals surface area contributed by atoms with Crippen LogP contribution in [0.4, 0.5) is 19.0 Å². The van der Waals surface area contributed by atoms with Crippen LogP contribution in [-0.4, -0.2) is 28.8 Å². The minimum Gasteiger partial charge on any atom is -0.493 e. The molecule has 4 aromatic rings. The van der Waals surface area contributed by atoms with Gasteiger partial charge in [-0.2, -0.15) is 0 Å². The van der Waals surface area contributed by atoms with Gasteiger partial charge in [0.05, 0.1) is 31.2 Å². The number of alkyl halides is 2. The maximum Gasteiger partial charge on any atom is 0.266 e. The molecule has 182 valence electrons. The van der Waals surface area contributed by atoms with Gasteiger partial charge in [0.2, 0.25) is 0 Å². The largest absolute Gasteiger partial charge is 0.493 e. The third kappa shape index (κ3) is 4.39. The molecule has 0 amide bonds. The molecular weight excluding hydrogens is 461 g/mol. The number of benzene rings is 2. The highest BCUT2D eigenvalue weighted by Crippen LogP contribution is 2.34. The number of nitrogens with one attached hydrogen (secondary N) is 1. The van der Waals surface area contributed by atoms with Crippen LogP contribution in [0.2, 0.25) is 0 Å². The van der Waals surface area contributed by atoms with Crippen LogP contribution in [-0.2, 0) is 7.05 Å². The summed E-state index contributed by atoms with van der Waals surface area (Å²) in [5.74, 6) is 0.320. The topological polar surface area (TPSA) is 78.3 Å². The van der Waals surface area contributed by atoms with Crippen molar-refractivity contribution in [3.8, 4) is 22.6 Å². The first-order chi connectivity index (χ1) is 16.8. The van der Waals surface area contributed by atoms with Crippen molar-refractivity contribution in [2.45, 2.75) is 19.4 Å². The van der Waals surface area contributed by atoms with Gasteiger partial charge in [-0.25, -0.2) is 23.1 Å². The number of methoxy groups -OCH3 is 2. The summed E-state index contributed by atoms with van der Waals surface area (Å²) in [6, 6.07) is 9.93. The molecular formula is C25H23F3N4O3. The van der Waals surface area contributed by atoms with Crippen molar-refractivity contribution in [1.82, 2.24) is 14.5 Å². The molecule has 7 nitrogen and oxygen atoms in total. The van der Waals surface area contributed by atoms with Gasteiger partial charge in [0.15, 0.2) is 11.5 Å². The Morgan fingerprint density at radius 3 is 2.40 bits per heavy atom. The molecule has 1 atom stereocenters. The second-order valence-electron chi connectivity index (χ2n) is 7.87. The predicted molar refractivity (Wildman–Crippen MR) is 127 cm³/mol. The van der Waals surface area contributed by atoms with Gasteiger partial charge < -0.3 is 14.8 Å². The Morgan fingerprint density at radius 1 is 1.00 bits per heavy atom. The Hall–Kier alpha value is -4.08. The van der Waals surface area contributed by atoms with Crippen LogP contribution in [0.25, 0.3) is 22.2 Å². The summed E-state index contributed by atoms with van der Waals surface area (Å²) in [5.41, 5.74) is 0.408. The van der Waals surface area contributed by atoms with Gasteiger partial charge in [0, 0.05) is 18.2 Å². The highest BCUT2D eigenvalue weighted by molar-refractivity contribution is 5.90. The number of pyridine rings is 1. The van der Waals surface area contributed by atoms with Crippen LogP contribution in [0.1, 0.15) is 30.5 Å². The summed E-state index contributed by atoms with van der Waals surface area (Å²) < 4.78 is 53.1. The summed E-state index contributed by atoms with van der Waals surface area (Å²) in [6.07, 6.45) is -1.65. The van der Waals surface area contributed by atoms with E-state index in [0.717, 1.165) is 6.07 Å². The fourth-order valence-corrected chi connectivity index (χ4v) is 3.95. The highest BCUT2D eigenvalue weighted by Gasteiger charge is 2.21. The van der Waals surface area contributed by atoms with Crippen molar-refractivity contribution < 1.29 is 22.6 Å². The first-order valence-corrected chi connectivity index (χ1v) is 10.7. The van der Waals surface area contributed by atoms with Crippen LogP contribution in [0.3, 0.4) is 0 Å². The van der Waals surface area contributed by atoms with Crippen molar-refractivity contribution in [1.29, 1.82) is 0 Å². The van der Waals surface area contributed by atoms with E-state index in [1.54, 1.807) is 38.2 Å². The molecule has 1 N–H and O–H groups in total. The predicted octanol–water partition coefficient (Wildman–Crippen LogP) is 5.26. The number of anilines is 1. The van der Waals surface area contributed by atoms with Gasteiger partial charge in [-0.3, -0.25) is 9.36 Å². The number of halogens is 3. The number of hydrogen-bond donors (Lipinski definition) is 1. The van der Waals surface area contributed by atoms with Gasteiger partial charge >= 0.3 is 0 Å². The minimum absolute atomic E-state index is 0.0690. The fraction of sp³-hybridized carbons (Fsp3) is 0.240. The smallest absolute Gasteiger partial charge is 0.266 e. The van der Waals surface area contributed by atoms with Crippen LogP contribution in [0.15, 0.2) is 53.6 Å².